The van der Waals surface area contributed by atoms with E-state index in [1.54, 1.807) is 18.2 Å². The van der Waals surface area contributed by atoms with Crippen LogP contribution in [0.2, 0.25) is 5.02 Å². The Morgan fingerprint density at radius 3 is 2.58 bits per heavy atom. The lowest BCUT2D eigenvalue weighted by molar-refractivity contribution is -0.117. The molecule has 2 aromatic rings. The molecule has 0 spiro atoms. The van der Waals surface area contributed by atoms with Crippen molar-refractivity contribution in [2.45, 2.75) is 19.9 Å². The molecule has 122 valence electrons. The molecule has 0 aliphatic carbocycles. The van der Waals surface area contributed by atoms with Crippen molar-refractivity contribution in [2.75, 3.05) is 5.32 Å². The van der Waals surface area contributed by atoms with Crippen LogP contribution in [-0.4, -0.2) is 5.91 Å². The van der Waals surface area contributed by atoms with Crippen LogP contribution < -0.4 is 10.6 Å². The molecule has 4 nitrogen and oxygen atoms in total. The van der Waals surface area contributed by atoms with E-state index < -0.39 is 5.91 Å². The van der Waals surface area contributed by atoms with Gasteiger partial charge in [-0.2, -0.15) is 5.26 Å². The second-order valence-corrected chi connectivity index (χ2v) is 5.82. The van der Waals surface area contributed by atoms with E-state index >= 15 is 0 Å². The van der Waals surface area contributed by atoms with Crippen molar-refractivity contribution in [1.29, 1.82) is 5.26 Å². The van der Waals surface area contributed by atoms with Crippen molar-refractivity contribution in [1.82, 2.24) is 5.32 Å². The highest BCUT2D eigenvalue weighted by Gasteiger charge is 2.13. The molecule has 1 amide bonds. The summed E-state index contributed by atoms with van der Waals surface area (Å²) in [5.74, 6) is -0.423. The molecule has 0 aliphatic rings. The first-order valence-corrected chi connectivity index (χ1v) is 7.88. The lowest BCUT2D eigenvalue weighted by Gasteiger charge is -2.14. The summed E-state index contributed by atoms with van der Waals surface area (Å²) in [5, 5.41) is 15.7. The average Bonchev–Trinajstić information content (AvgIpc) is 2.57. The van der Waals surface area contributed by atoms with E-state index in [4.69, 9.17) is 11.6 Å². The van der Waals surface area contributed by atoms with Gasteiger partial charge in [0.1, 0.15) is 11.6 Å². The Morgan fingerprint density at radius 2 is 1.96 bits per heavy atom. The number of anilines is 1. The van der Waals surface area contributed by atoms with Crippen LogP contribution in [0.1, 0.15) is 24.1 Å². The highest BCUT2D eigenvalue weighted by molar-refractivity contribution is 6.30. The molecule has 0 radical (unpaired) electrons. The molecular formula is C19H18ClN3O. The van der Waals surface area contributed by atoms with E-state index in [2.05, 4.69) is 10.6 Å². The number of amides is 1. The van der Waals surface area contributed by atoms with Crippen molar-refractivity contribution in [3.63, 3.8) is 0 Å². The molecule has 0 bridgehead atoms. The normalized spacial score (nSPS) is 12.2. The van der Waals surface area contributed by atoms with Crippen LogP contribution >= 0.6 is 11.6 Å². The summed E-state index contributed by atoms with van der Waals surface area (Å²) >= 11 is 5.91. The van der Waals surface area contributed by atoms with Crippen molar-refractivity contribution < 1.29 is 4.79 Å². The Morgan fingerprint density at radius 1 is 1.25 bits per heavy atom. The maximum absolute atomic E-state index is 12.3. The number of nitriles is 1. The van der Waals surface area contributed by atoms with Crippen LogP contribution in [0.5, 0.6) is 0 Å². The Balaban J connectivity index is 2.07. The summed E-state index contributed by atoms with van der Waals surface area (Å²) in [6.07, 6.45) is 1.41. The second-order valence-electron chi connectivity index (χ2n) is 5.38. The molecule has 0 saturated carbocycles. The Bertz CT molecular complexity index is 794. The molecule has 2 N–H and O–H groups in total. The van der Waals surface area contributed by atoms with Gasteiger partial charge in [0, 0.05) is 16.9 Å². The van der Waals surface area contributed by atoms with E-state index in [-0.39, 0.29) is 11.6 Å². The van der Waals surface area contributed by atoms with Gasteiger partial charge >= 0.3 is 0 Å². The van der Waals surface area contributed by atoms with Crippen molar-refractivity contribution in [3.05, 3.63) is 76.5 Å². The summed E-state index contributed by atoms with van der Waals surface area (Å²) in [5.41, 5.74) is 2.70. The predicted octanol–water partition coefficient (Wildman–Crippen LogP) is 4.35. The largest absolute Gasteiger partial charge is 0.360 e. The maximum Gasteiger partial charge on any atom is 0.263 e. The Kier molecular flexibility index (Phi) is 6.00. The minimum Gasteiger partial charge on any atom is -0.360 e. The van der Waals surface area contributed by atoms with Crippen LogP contribution in [0.25, 0.3) is 0 Å². The van der Waals surface area contributed by atoms with Gasteiger partial charge in [-0.15, -0.1) is 0 Å². The van der Waals surface area contributed by atoms with Gasteiger partial charge in [-0.3, -0.25) is 4.79 Å². The van der Waals surface area contributed by atoms with Gasteiger partial charge in [0.2, 0.25) is 0 Å². The summed E-state index contributed by atoms with van der Waals surface area (Å²) in [4.78, 5) is 12.3. The fraction of sp³-hybridized carbons (Fsp3) is 0.158. The number of carbonyl (C=O) groups is 1. The van der Waals surface area contributed by atoms with E-state index in [9.17, 15) is 10.1 Å². The molecule has 1 unspecified atom stereocenters. The zero-order valence-electron chi connectivity index (χ0n) is 13.5. The molecule has 0 heterocycles. The monoisotopic (exact) mass is 339 g/mol. The number of rotatable bonds is 5. The van der Waals surface area contributed by atoms with Gasteiger partial charge in [-0.1, -0.05) is 41.9 Å². The molecule has 1 atom stereocenters. The van der Waals surface area contributed by atoms with Crippen molar-refractivity contribution >= 4 is 23.2 Å². The smallest absolute Gasteiger partial charge is 0.263 e. The number of nitrogens with one attached hydrogen (secondary N) is 2. The van der Waals surface area contributed by atoms with Gasteiger partial charge in [0.05, 0.1) is 6.04 Å². The Hall–Kier alpha value is -2.77. The molecular weight excluding hydrogens is 322 g/mol. The number of hydrogen-bond acceptors (Lipinski definition) is 3. The van der Waals surface area contributed by atoms with Crippen LogP contribution in [-0.2, 0) is 4.79 Å². The number of carbonyl (C=O) groups excluding carboxylic acids is 1. The van der Waals surface area contributed by atoms with E-state index in [1.165, 1.54) is 6.20 Å². The molecule has 0 aliphatic heterocycles. The number of nitrogens with zero attached hydrogens (tertiary/aromatic N) is 1. The van der Waals surface area contributed by atoms with Gasteiger partial charge in [0.25, 0.3) is 5.91 Å². The molecule has 0 fully saturated rings. The van der Waals surface area contributed by atoms with Gasteiger partial charge in [-0.25, -0.2) is 0 Å². The first-order chi connectivity index (χ1) is 11.5. The minimum absolute atomic E-state index is 0.00660. The number of aryl methyl sites for hydroxylation is 1. The summed E-state index contributed by atoms with van der Waals surface area (Å²) in [6.45, 7) is 3.77. The number of hydrogen-bond donors (Lipinski definition) is 2. The topological polar surface area (TPSA) is 64.9 Å². The number of halogens is 1. The van der Waals surface area contributed by atoms with Crippen LogP contribution in [0.3, 0.4) is 0 Å². The van der Waals surface area contributed by atoms with Crippen molar-refractivity contribution in [2.24, 2.45) is 0 Å². The maximum atomic E-state index is 12.3. The molecule has 2 aromatic carbocycles. The second kappa shape index (κ2) is 8.19. The standard InChI is InChI=1S/C19H18ClN3O/c1-13-10-17(20)8-9-18(13)22-12-16(11-21)19(24)23-14(2)15-6-4-3-5-7-15/h3-10,12,14,22H,1-2H3,(H,23,24)/b16-12-. The zero-order chi connectivity index (χ0) is 17.5. The highest BCUT2D eigenvalue weighted by Crippen LogP contribution is 2.20. The van der Waals surface area contributed by atoms with E-state index in [0.29, 0.717) is 5.02 Å². The first kappa shape index (κ1) is 17.6. The SMILES string of the molecule is Cc1cc(Cl)ccc1N/C=C(/C#N)C(=O)NC(C)c1ccccc1. The molecule has 0 aromatic heterocycles. The lowest BCUT2D eigenvalue weighted by Crippen LogP contribution is -2.28. The van der Waals surface area contributed by atoms with Gasteiger partial charge in [0.15, 0.2) is 0 Å². The lowest BCUT2D eigenvalue weighted by atomic mass is 10.1. The van der Waals surface area contributed by atoms with Gasteiger partial charge < -0.3 is 10.6 Å². The minimum atomic E-state index is -0.423. The molecule has 24 heavy (non-hydrogen) atoms. The third-order valence-electron chi connectivity index (χ3n) is 3.57. The number of benzene rings is 2. The van der Waals surface area contributed by atoms with Crippen LogP contribution in [0.4, 0.5) is 5.69 Å². The highest BCUT2D eigenvalue weighted by atomic mass is 35.5. The fourth-order valence-electron chi connectivity index (χ4n) is 2.19. The summed E-state index contributed by atoms with van der Waals surface area (Å²) in [6, 6.07) is 16.7. The zero-order valence-corrected chi connectivity index (χ0v) is 14.3. The van der Waals surface area contributed by atoms with Crippen LogP contribution in [0, 0.1) is 18.3 Å². The molecule has 2 rings (SSSR count). The molecule has 0 saturated heterocycles. The predicted molar refractivity (Wildman–Crippen MR) is 96.5 cm³/mol. The van der Waals surface area contributed by atoms with E-state index in [1.807, 2.05) is 50.2 Å². The summed E-state index contributed by atoms with van der Waals surface area (Å²) < 4.78 is 0. The van der Waals surface area contributed by atoms with E-state index in [0.717, 1.165) is 16.8 Å². The third-order valence-corrected chi connectivity index (χ3v) is 3.81. The molecule has 5 heteroatoms. The van der Waals surface area contributed by atoms with Crippen LogP contribution in [0.15, 0.2) is 60.3 Å². The Labute approximate surface area is 146 Å². The average molecular weight is 340 g/mol. The first-order valence-electron chi connectivity index (χ1n) is 7.50. The summed E-state index contributed by atoms with van der Waals surface area (Å²) in [7, 11) is 0. The fourth-order valence-corrected chi connectivity index (χ4v) is 2.41. The van der Waals surface area contributed by atoms with Crippen molar-refractivity contribution in [3.8, 4) is 6.07 Å². The van der Waals surface area contributed by atoms with Gasteiger partial charge in [-0.05, 0) is 43.2 Å². The third kappa shape index (κ3) is 4.61. The quantitative estimate of drug-likeness (QED) is 0.629.